The molecule has 1 saturated heterocycles. The number of nitrogens with zero attached hydrogens (tertiary/aromatic N) is 2. The van der Waals surface area contributed by atoms with Gasteiger partial charge in [0, 0.05) is 13.1 Å². The molecule has 3 aromatic carbocycles. The lowest BCUT2D eigenvalue weighted by Crippen LogP contribution is -2.32. The maximum atomic E-state index is 10.1. The van der Waals surface area contributed by atoms with E-state index in [4.69, 9.17) is 0 Å². The van der Waals surface area contributed by atoms with Crippen LogP contribution in [0, 0.1) is 17.2 Å². The van der Waals surface area contributed by atoms with Crippen LogP contribution in [0.25, 0.3) is 17.7 Å². The molecule has 0 N–H and O–H groups in total. The summed E-state index contributed by atoms with van der Waals surface area (Å²) >= 11 is 0. The first-order chi connectivity index (χ1) is 19.1. The second-order valence-electron chi connectivity index (χ2n) is 11.6. The molecule has 2 nitrogen and oxygen atoms in total. The molecule has 40 heavy (non-hydrogen) atoms. The topological polar surface area (TPSA) is 27.0 Å². The van der Waals surface area contributed by atoms with E-state index in [0.29, 0.717) is 5.92 Å². The van der Waals surface area contributed by atoms with E-state index in [1.807, 2.05) is 6.07 Å². The standard InChI is InChI=1S/C37H42N2.ClH/c1-29(2)37(28-38,33-16-6-5-7-17-33)24-12-3-4-13-25-39-26-22-32(23-27-39)36-34-18-10-8-14-30(34)20-21-31-15-9-11-19-35(31)36;/h5-11,14-21,29H,3-4,12-13,22-27H2,1-2H3;1H. The number of hydrogen-bond donors (Lipinski definition) is 0. The quantitative estimate of drug-likeness (QED) is 0.194. The van der Waals surface area contributed by atoms with E-state index in [1.165, 1.54) is 59.2 Å². The Morgan fingerprint density at radius 1 is 0.750 bits per heavy atom. The van der Waals surface area contributed by atoms with E-state index < -0.39 is 0 Å². The van der Waals surface area contributed by atoms with Gasteiger partial charge in [0.25, 0.3) is 0 Å². The molecular formula is C37H43ClN2. The van der Waals surface area contributed by atoms with Crippen LogP contribution in [0.3, 0.4) is 0 Å². The molecule has 5 rings (SSSR count). The number of unbranched alkanes of at least 4 members (excludes halogenated alkanes) is 3. The van der Waals surface area contributed by atoms with Crippen molar-refractivity contribution in [2.24, 2.45) is 5.92 Å². The summed E-state index contributed by atoms with van der Waals surface area (Å²) in [4.78, 5) is 2.66. The lowest BCUT2D eigenvalue weighted by atomic mass is 9.69. The summed E-state index contributed by atoms with van der Waals surface area (Å²) in [6.45, 7) is 7.87. The van der Waals surface area contributed by atoms with Crippen LogP contribution >= 0.6 is 12.4 Å². The van der Waals surface area contributed by atoms with Crippen molar-refractivity contribution < 1.29 is 0 Å². The number of nitriles is 1. The molecule has 1 aliphatic heterocycles. The van der Waals surface area contributed by atoms with Gasteiger partial charge in [-0.1, -0.05) is 130 Å². The van der Waals surface area contributed by atoms with Crippen molar-refractivity contribution in [2.75, 3.05) is 19.6 Å². The van der Waals surface area contributed by atoms with Crippen LogP contribution in [-0.2, 0) is 5.41 Å². The maximum Gasteiger partial charge on any atom is 0.0845 e. The van der Waals surface area contributed by atoms with Gasteiger partial charge < -0.3 is 4.90 Å². The van der Waals surface area contributed by atoms with Gasteiger partial charge in [-0.25, -0.2) is 0 Å². The van der Waals surface area contributed by atoms with E-state index in [0.717, 1.165) is 38.8 Å². The van der Waals surface area contributed by atoms with Gasteiger partial charge in [0.2, 0.25) is 0 Å². The van der Waals surface area contributed by atoms with Crippen LogP contribution in [0.1, 0.15) is 86.6 Å². The molecule has 1 aliphatic carbocycles. The summed E-state index contributed by atoms with van der Waals surface area (Å²) in [6, 6.07) is 30.9. The first kappa shape index (κ1) is 29.9. The molecule has 1 unspecified atom stereocenters. The van der Waals surface area contributed by atoms with E-state index in [1.54, 1.807) is 5.57 Å². The monoisotopic (exact) mass is 550 g/mol. The van der Waals surface area contributed by atoms with Crippen molar-refractivity contribution in [3.05, 3.63) is 112 Å². The Kier molecular flexibility index (Phi) is 10.4. The largest absolute Gasteiger partial charge is 0.303 e. The Labute approximate surface area is 247 Å². The van der Waals surface area contributed by atoms with E-state index in [2.05, 4.69) is 110 Å². The highest BCUT2D eigenvalue weighted by molar-refractivity contribution is 5.94. The molecule has 1 atom stereocenters. The molecule has 0 spiro atoms. The van der Waals surface area contributed by atoms with Crippen molar-refractivity contribution in [3.63, 3.8) is 0 Å². The lowest BCUT2D eigenvalue weighted by Gasteiger charge is -2.32. The second kappa shape index (κ2) is 14.0. The Bertz CT molecular complexity index is 1300. The molecule has 1 heterocycles. The number of rotatable bonds is 9. The van der Waals surface area contributed by atoms with Gasteiger partial charge in [-0.3, -0.25) is 0 Å². The third kappa shape index (κ3) is 6.43. The van der Waals surface area contributed by atoms with Crippen molar-refractivity contribution in [2.45, 2.75) is 64.2 Å². The van der Waals surface area contributed by atoms with Crippen LogP contribution in [-0.4, -0.2) is 24.5 Å². The molecule has 0 bridgehead atoms. The van der Waals surface area contributed by atoms with Gasteiger partial charge in [0.15, 0.2) is 0 Å². The van der Waals surface area contributed by atoms with Gasteiger partial charge in [-0.05, 0) is 71.5 Å². The Hall–Kier alpha value is -3.12. The van der Waals surface area contributed by atoms with Crippen molar-refractivity contribution in [1.82, 2.24) is 4.90 Å². The number of hydrogen-bond acceptors (Lipinski definition) is 2. The third-order valence-electron chi connectivity index (χ3n) is 8.99. The zero-order valence-electron chi connectivity index (χ0n) is 24.1. The van der Waals surface area contributed by atoms with Crippen LogP contribution in [0.4, 0.5) is 0 Å². The van der Waals surface area contributed by atoms with Crippen molar-refractivity contribution >= 4 is 30.1 Å². The summed E-state index contributed by atoms with van der Waals surface area (Å²) in [5, 5.41) is 10.1. The number of halogens is 1. The van der Waals surface area contributed by atoms with E-state index in [9.17, 15) is 5.26 Å². The molecule has 3 aromatic rings. The number of fused-ring (bicyclic) bond motifs is 2. The fraction of sp³-hybridized carbons (Fsp3) is 0.378. The molecule has 2 aliphatic rings. The van der Waals surface area contributed by atoms with E-state index in [-0.39, 0.29) is 17.8 Å². The van der Waals surface area contributed by atoms with Gasteiger partial charge >= 0.3 is 0 Å². The van der Waals surface area contributed by atoms with Gasteiger partial charge in [0.05, 0.1) is 11.5 Å². The average molecular weight is 551 g/mol. The predicted octanol–water partition coefficient (Wildman–Crippen LogP) is 9.56. The number of piperidine rings is 1. The zero-order valence-corrected chi connectivity index (χ0v) is 24.9. The minimum Gasteiger partial charge on any atom is -0.303 e. The molecule has 0 aromatic heterocycles. The van der Waals surface area contributed by atoms with Crippen molar-refractivity contribution in [1.29, 1.82) is 5.26 Å². The molecule has 1 fully saturated rings. The van der Waals surface area contributed by atoms with Crippen LogP contribution in [0.15, 0.2) is 84.4 Å². The van der Waals surface area contributed by atoms with Gasteiger partial charge in [-0.2, -0.15) is 5.26 Å². The third-order valence-corrected chi connectivity index (χ3v) is 8.99. The maximum absolute atomic E-state index is 10.1. The number of benzene rings is 3. The highest BCUT2D eigenvalue weighted by Gasteiger charge is 2.35. The molecule has 3 heteroatoms. The fourth-order valence-electron chi connectivity index (χ4n) is 6.59. The summed E-state index contributed by atoms with van der Waals surface area (Å²) in [7, 11) is 0. The van der Waals surface area contributed by atoms with Gasteiger partial charge in [-0.15, -0.1) is 12.4 Å². The molecule has 0 amide bonds. The molecule has 0 saturated carbocycles. The lowest BCUT2D eigenvalue weighted by molar-refractivity contribution is 0.250. The fourth-order valence-corrected chi connectivity index (χ4v) is 6.59. The summed E-state index contributed by atoms with van der Waals surface area (Å²) in [6.07, 6.45) is 12.6. The summed E-state index contributed by atoms with van der Waals surface area (Å²) < 4.78 is 0. The summed E-state index contributed by atoms with van der Waals surface area (Å²) in [5.74, 6) is 0.310. The highest BCUT2D eigenvalue weighted by atomic mass is 35.5. The first-order valence-corrected chi connectivity index (χ1v) is 14.9. The van der Waals surface area contributed by atoms with E-state index >= 15 is 0 Å². The Morgan fingerprint density at radius 3 is 1.88 bits per heavy atom. The van der Waals surface area contributed by atoms with Crippen LogP contribution < -0.4 is 0 Å². The predicted molar refractivity (Wildman–Crippen MR) is 172 cm³/mol. The minimum atomic E-state index is -0.372. The van der Waals surface area contributed by atoms with Crippen LogP contribution in [0.2, 0.25) is 0 Å². The average Bonchev–Trinajstić information content (AvgIpc) is 3.15. The molecule has 0 radical (unpaired) electrons. The van der Waals surface area contributed by atoms with Crippen LogP contribution in [0.5, 0.6) is 0 Å². The smallest absolute Gasteiger partial charge is 0.0845 e. The first-order valence-electron chi connectivity index (χ1n) is 14.9. The Morgan fingerprint density at radius 2 is 1.30 bits per heavy atom. The Balaban J connectivity index is 0.00000370. The summed E-state index contributed by atoms with van der Waals surface area (Å²) in [5.41, 5.74) is 9.29. The normalized spacial score (nSPS) is 16.4. The minimum absolute atomic E-state index is 0. The second-order valence-corrected chi connectivity index (χ2v) is 11.6. The molecular weight excluding hydrogens is 508 g/mol. The van der Waals surface area contributed by atoms with Gasteiger partial charge in [0.1, 0.15) is 0 Å². The molecule has 208 valence electrons. The highest BCUT2D eigenvalue weighted by Crippen LogP contribution is 2.39. The van der Waals surface area contributed by atoms with Crippen molar-refractivity contribution in [3.8, 4) is 6.07 Å². The SMILES string of the molecule is CC(C)C(C#N)(CCCCCCN1CCC(=C2c3ccccc3C=Cc3ccccc32)CC1)c1ccccc1.Cl. The zero-order chi connectivity index (χ0) is 27.1. The number of likely N-dealkylation sites (tertiary alicyclic amines) is 1.